The van der Waals surface area contributed by atoms with Crippen molar-refractivity contribution in [2.75, 3.05) is 0 Å². The molecule has 0 aliphatic carbocycles. The van der Waals surface area contributed by atoms with Crippen molar-refractivity contribution in [3.8, 4) is 0 Å². The third kappa shape index (κ3) is 4.96. The molecule has 0 fully saturated rings. The molecule has 0 amide bonds. The lowest BCUT2D eigenvalue weighted by Gasteiger charge is -2.08. The Kier molecular flexibility index (Phi) is 6.59. The minimum Gasteiger partial charge on any atom is -0.207 e. The monoisotopic (exact) mass is 350 g/mol. The van der Waals surface area contributed by atoms with Crippen molar-refractivity contribution in [2.45, 2.75) is 43.9 Å². The fourth-order valence-electron chi connectivity index (χ4n) is 1.70. The van der Waals surface area contributed by atoms with Gasteiger partial charge < -0.3 is 0 Å². The molecule has 0 heterocycles. The summed E-state index contributed by atoms with van der Waals surface area (Å²) in [6.07, 6.45) is 5.37. The van der Waals surface area contributed by atoms with Crippen molar-refractivity contribution in [1.82, 2.24) is 0 Å². The van der Waals surface area contributed by atoms with Crippen molar-refractivity contribution < 1.29 is 4.39 Å². The van der Waals surface area contributed by atoms with E-state index in [0.29, 0.717) is 4.83 Å². The van der Waals surface area contributed by atoms with Gasteiger partial charge in [0.05, 0.1) is 0 Å². The van der Waals surface area contributed by atoms with E-state index >= 15 is 0 Å². The fourth-order valence-corrected chi connectivity index (χ4v) is 2.81. The average Bonchev–Trinajstić information content (AvgIpc) is 2.22. The smallest absolute Gasteiger partial charge is 0.127 e. The molecule has 1 rings (SSSR count). The van der Waals surface area contributed by atoms with E-state index in [0.717, 1.165) is 29.3 Å². The van der Waals surface area contributed by atoms with Gasteiger partial charge in [0.2, 0.25) is 0 Å². The van der Waals surface area contributed by atoms with Gasteiger partial charge in [-0.1, -0.05) is 51.3 Å². The van der Waals surface area contributed by atoms with Gasteiger partial charge in [0.25, 0.3) is 0 Å². The van der Waals surface area contributed by atoms with E-state index in [1.165, 1.54) is 18.9 Å². The molecule has 0 spiro atoms. The topological polar surface area (TPSA) is 0 Å². The highest BCUT2D eigenvalue weighted by molar-refractivity contribution is 9.10. The number of hydrogen-bond donors (Lipinski definition) is 0. The Morgan fingerprint density at radius 3 is 2.69 bits per heavy atom. The van der Waals surface area contributed by atoms with Gasteiger partial charge in [-0.05, 0) is 43.4 Å². The molecule has 0 radical (unpaired) electrons. The van der Waals surface area contributed by atoms with Gasteiger partial charge in [-0.3, -0.25) is 0 Å². The molecule has 0 N–H and O–H groups in total. The van der Waals surface area contributed by atoms with Crippen LogP contribution in [0.2, 0.25) is 0 Å². The number of aryl methyl sites for hydroxylation is 1. The van der Waals surface area contributed by atoms with Crippen molar-refractivity contribution in [3.63, 3.8) is 0 Å². The molecule has 90 valence electrons. The highest BCUT2D eigenvalue weighted by Gasteiger charge is 2.05. The summed E-state index contributed by atoms with van der Waals surface area (Å²) in [6.45, 7) is 2.18. The predicted molar refractivity (Wildman–Crippen MR) is 74.7 cm³/mol. The van der Waals surface area contributed by atoms with E-state index in [2.05, 4.69) is 38.8 Å². The molecule has 0 saturated heterocycles. The van der Waals surface area contributed by atoms with Crippen LogP contribution in [0.1, 0.15) is 38.2 Å². The molecular weight excluding hydrogens is 335 g/mol. The SMILES string of the molecule is CCCC(Br)CCCc1ccc(Br)cc1F. The number of halogens is 3. The van der Waals surface area contributed by atoms with E-state index in [4.69, 9.17) is 0 Å². The maximum Gasteiger partial charge on any atom is 0.127 e. The van der Waals surface area contributed by atoms with Gasteiger partial charge >= 0.3 is 0 Å². The lowest BCUT2D eigenvalue weighted by Crippen LogP contribution is -1.99. The van der Waals surface area contributed by atoms with Crippen LogP contribution in [0.3, 0.4) is 0 Å². The number of hydrogen-bond acceptors (Lipinski definition) is 0. The summed E-state index contributed by atoms with van der Waals surface area (Å²) in [7, 11) is 0. The third-order valence-electron chi connectivity index (χ3n) is 2.58. The Labute approximate surface area is 114 Å². The molecule has 0 aliphatic heterocycles. The van der Waals surface area contributed by atoms with Gasteiger partial charge in [0, 0.05) is 9.30 Å². The van der Waals surface area contributed by atoms with Crippen LogP contribution in [0.25, 0.3) is 0 Å². The van der Waals surface area contributed by atoms with Crippen molar-refractivity contribution in [3.05, 3.63) is 34.1 Å². The lowest BCUT2D eigenvalue weighted by atomic mass is 10.1. The van der Waals surface area contributed by atoms with E-state index in [1.807, 2.05) is 12.1 Å². The molecule has 0 aromatic heterocycles. The number of alkyl halides is 1. The molecule has 0 bridgehead atoms. The fraction of sp³-hybridized carbons (Fsp3) is 0.538. The largest absolute Gasteiger partial charge is 0.207 e. The van der Waals surface area contributed by atoms with E-state index < -0.39 is 0 Å². The Morgan fingerprint density at radius 2 is 2.06 bits per heavy atom. The van der Waals surface area contributed by atoms with Gasteiger partial charge in [-0.25, -0.2) is 4.39 Å². The zero-order chi connectivity index (χ0) is 12.0. The molecule has 1 unspecified atom stereocenters. The van der Waals surface area contributed by atoms with Crippen LogP contribution in [-0.2, 0) is 6.42 Å². The summed E-state index contributed by atoms with van der Waals surface area (Å²) in [5.41, 5.74) is 0.819. The Balaban J connectivity index is 2.37. The molecule has 0 aliphatic rings. The highest BCUT2D eigenvalue weighted by atomic mass is 79.9. The molecule has 1 aromatic rings. The van der Waals surface area contributed by atoms with Gasteiger partial charge in [-0.2, -0.15) is 0 Å². The Bertz CT molecular complexity index is 326. The summed E-state index contributed by atoms with van der Waals surface area (Å²) in [6, 6.07) is 5.30. The molecule has 1 atom stereocenters. The predicted octanol–water partition coefficient (Wildman–Crippen LogP) is 5.47. The van der Waals surface area contributed by atoms with E-state index in [9.17, 15) is 4.39 Å². The van der Waals surface area contributed by atoms with Crippen LogP contribution in [-0.4, -0.2) is 4.83 Å². The second-order valence-electron chi connectivity index (χ2n) is 4.01. The molecular formula is C13H17Br2F. The highest BCUT2D eigenvalue weighted by Crippen LogP contribution is 2.19. The maximum atomic E-state index is 13.5. The van der Waals surface area contributed by atoms with Gasteiger partial charge in [0.1, 0.15) is 5.82 Å². The second-order valence-corrected chi connectivity index (χ2v) is 6.22. The molecule has 0 saturated carbocycles. The summed E-state index contributed by atoms with van der Waals surface area (Å²) >= 11 is 6.90. The summed E-state index contributed by atoms with van der Waals surface area (Å²) in [5, 5.41) is 0. The van der Waals surface area contributed by atoms with E-state index in [-0.39, 0.29) is 5.82 Å². The van der Waals surface area contributed by atoms with Crippen LogP contribution >= 0.6 is 31.9 Å². The van der Waals surface area contributed by atoms with Crippen molar-refractivity contribution in [2.24, 2.45) is 0 Å². The molecule has 16 heavy (non-hydrogen) atoms. The Morgan fingerprint density at radius 1 is 1.31 bits per heavy atom. The number of rotatable bonds is 6. The standard InChI is InChI=1S/C13H17Br2F/c1-2-4-11(14)6-3-5-10-7-8-12(15)9-13(10)16/h7-9,11H,2-6H2,1H3. The molecule has 3 heteroatoms. The summed E-state index contributed by atoms with van der Waals surface area (Å²) in [4.78, 5) is 0.580. The zero-order valence-corrected chi connectivity index (χ0v) is 12.7. The average molecular weight is 352 g/mol. The first-order valence-corrected chi connectivity index (χ1v) is 7.42. The van der Waals surface area contributed by atoms with Crippen molar-refractivity contribution in [1.29, 1.82) is 0 Å². The quantitative estimate of drug-likeness (QED) is 0.595. The van der Waals surface area contributed by atoms with Crippen molar-refractivity contribution >= 4 is 31.9 Å². The zero-order valence-electron chi connectivity index (χ0n) is 9.48. The number of benzene rings is 1. The minimum absolute atomic E-state index is 0.101. The lowest BCUT2D eigenvalue weighted by molar-refractivity contribution is 0.592. The van der Waals surface area contributed by atoms with Crippen LogP contribution in [0.5, 0.6) is 0 Å². The first-order chi connectivity index (χ1) is 7.63. The van der Waals surface area contributed by atoms with Gasteiger partial charge in [0.15, 0.2) is 0 Å². The Hall–Kier alpha value is 0.110. The normalized spacial score (nSPS) is 12.8. The second kappa shape index (κ2) is 7.44. The molecule has 0 nitrogen and oxygen atoms in total. The van der Waals surface area contributed by atoms with Gasteiger partial charge in [-0.15, -0.1) is 0 Å². The van der Waals surface area contributed by atoms with Crippen LogP contribution < -0.4 is 0 Å². The van der Waals surface area contributed by atoms with E-state index in [1.54, 1.807) is 0 Å². The van der Waals surface area contributed by atoms with Crippen LogP contribution in [0.15, 0.2) is 22.7 Å². The summed E-state index contributed by atoms with van der Waals surface area (Å²) < 4.78 is 14.3. The van der Waals surface area contributed by atoms with Crippen LogP contribution in [0, 0.1) is 5.82 Å². The third-order valence-corrected chi connectivity index (χ3v) is 3.99. The maximum absolute atomic E-state index is 13.5. The first kappa shape index (κ1) is 14.2. The molecule has 1 aromatic carbocycles. The van der Waals surface area contributed by atoms with Crippen LogP contribution in [0.4, 0.5) is 4.39 Å². The summed E-state index contributed by atoms with van der Waals surface area (Å²) in [5.74, 6) is -0.101. The minimum atomic E-state index is -0.101. The first-order valence-electron chi connectivity index (χ1n) is 5.71.